The minimum absolute atomic E-state index is 0.0850. The topological polar surface area (TPSA) is 48.1 Å². The summed E-state index contributed by atoms with van der Waals surface area (Å²) in [6.45, 7) is 1.81. The van der Waals surface area contributed by atoms with Gasteiger partial charge in [-0.25, -0.2) is 8.78 Å². The number of aryl methyl sites for hydroxylation is 1. The van der Waals surface area contributed by atoms with Gasteiger partial charge in [-0.15, -0.1) is 0 Å². The van der Waals surface area contributed by atoms with Crippen LogP contribution < -0.4 is 10.5 Å². The second-order valence-electron chi connectivity index (χ2n) is 4.75. The second kappa shape index (κ2) is 5.01. The number of ether oxygens (including phenoxy) is 1. The molecule has 3 aromatic rings. The Morgan fingerprint density at radius 1 is 1.00 bits per heavy atom. The molecule has 0 spiro atoms. The Balaban J connectivity index is 2.13. The maximum absolute atomic E-state index is 13.2. The quantitative estimate of drug-likeness (QED) is 0.718. The zero-order valence-electron chi connectivity index (χ0n) is 11.2. The highest BCUT2D eigenvalue weighted by atomic mass is 19.1. The summed E-state index contributed by atoms with van der Waals surface area (Å²) in [4.78, 5) is 4.37. The molecule has 0 aliphatic heterocycles. The Kier molecular flexibility index (Phi) is 3.17. The predicted octanol–water partition coefficient (Wildman–Crippen LogP) is 4.20. The number of rotatable bonds is 2. The molecule has 0 saturated carbocycles. The average Bonchev–Trinajstić information content (AvgIpc) is 2.38. The van der Waals surface area contributed by atoms with Crippen molar-refractivity contribution in [2.24, 2.45) is 0 Å². The maximum atomic E-state index is 13.2. The van der Waals surface area contributed by atoms with Crippen LogP contribution in [0.2, 0.25) is 0 Å². The van der Waals surface area contributed by atoms with Crippen LogP contribution >= 0.6 is 0 Å². The minimum atomic E-state index is -0.695. The van der Waals surface area contributed by atoms with Crippen molar-refractivity contribution in [2.75, 3.05) is 5.73 Å². The fraction of sp³-hybridized carbons (Fsp3) is 0.0625. The first-order valence-electron chi connectivity index (χ1n) is 6.32. The van der Waals surface area contributed by atoms with Gasteiger partial charge in [0.1, 0.15) is 23.1 Å². The van der Waals surface area contributed by atoms with Crippen LogP contribution in [0.25, 0.3) is 10.9 Å². The van der Waals surface area contributed by atoms with Crippen molar-refractivity contribution >= 4 is 16.6 Å². The van der Waals surface area contributed by atoms with E-state index in [0.717, 1.165) is 23.9 Å². The third-order valence-electron chi connectivity index (χ3n) is 2.99. The maximum Gasteiger partial charge on any atom is 0.138 e. The summed E-state index contributed by atoms with van der Waals surface area (Å²) < 4.78 is 32.1. The lowest BCUT2D eigenvalue weighted by atomic mass is 10.1. The van der Waals surface area contributed by atoms with Gasteiger partial charge >= 0.3 is 0 Å². The van der Waals surface area contributed by atoms with Gasteiger partial charge in [-0.2, -0.15) is 0 Å². The van der Waals surface area contributed by atoms with Crippen molar-refractivity contribution in [1.29, 1.82) is 0 Å². The number of pyridine rings is 1. The summed E-state index contributed by atoms with van der Waals surface area (Å²) in [5, 5.41) is 0.685. The first kappa shape index (κ1) is 13.3. The molecule has 2 N–H and O–H groups in total. The van der Waals surface area contributed by atoms with Crippen molar-refractivity contribution in [1.82, 2.24) is 4.98 Å². The van der Waals surface area contributed by atoms with Gasteiger partial charge in [-0.1, -0.05) is 0 Å². The highest BCUT2D eigenvalue weighted by Crippen LogP contribution is 2.31. The van der Waals surface area contributed by atoms with E-state index in [2.05, 4.69) is 4.98 Å². The molecule has 3 rings (SSSR count). The smallest absolute Gasteiger partial charge is 0.138 e. The van der Waals surface area contributed by atoms with E-state index in [4.69, 9.17) is 10.5 Å². The molecule has 106 valence electrons. The van der Waals surface area contributed by atoms with Crippen molar-refractivity contribution < 1.29 is 13.5 Å². The largest absolute Gasteiger partial charge is 0.456 e. The number of halogens is 2. The molecule has 21 heavy (non-hydrogen) atoms. The molecule has 0 atom stereocenters. The highest BCUT2D eigenvalue weighted by molar-refractivity contribution is 5.88. The van der Waals surface area contributed by atoms with E-state index >= 15 is 0 Å². The second-order valence-corrected chi connectivity index (χ2v) is 4.75. The number of hydrogen-bond acceptors (Lipinski definition) is 3. The minimum Gasteiger partial charge on any atom is -0.456 e. The van der Waals surface area contributed by atoms with Gasteiger partial charge in [-0.3, -0.25) is 4.98 Å². The molecule has 1 aromatic heterocycles. The Hall–Kier alpha value is -2.69. The molecule has 2 aromatic carbocycles. The number of anilines is 1. The van der Waals surface area contributed by atoms with Crippen LogP contribution in [0.5, 0.6) is 11.5 Å². The first-order chi connectivity index (χ1) is 10.0. The molecule has 0 bridgehead atoms. The number of hydrogen-bond donors (Lipinski definition) is 1. The lowest BCUT2D eigenvalue weighted by molar-refractivity contribution is 0.472. The van der Waals surface area contributed by atoms with Crippen molar-refractivity contribution in [2.45, 2.75) is 6.92 Å². The number of nitrogens with zero attached hydrogens (tertiary/aromatic N) is 1. The Bertz CT molecular complexity index is 814. The molecule has 0 saturated heterocycles. The fourth-order valence-corrected chi connectivity index (χ4v) is 2.14. The van der Waals surface area contributed by atoms with Gasteiger partial charge in [0.15, 0.2) is 0 Å². The molecule has 3 nitrogen and oxygen atoms in total. The van der Waals surface area contributed by atoms with Crippen molar-refractivity contribution in [3.05, 3.63) is 59.8 Å². The van der Waals surface area contributed by atoms with Gasteiger partial charge in [0.25, 0.3) is 0 Å². The van der Waals surface area contributed by atoms with E-state index in [1.54, 1.807) is 24.3 Å². The van der Waals surface area contributed by atoms with E-state index in [1.807, 2.05) is 6.92 Å². The standard InChI is InChI=1S/C16H12F2N2O/c1-9-4-16(14-8-12(19)2-3-15(14)20-9)21-13-6-10(17)5-11(18)7-13/h2-8H,19H2,1H3. The van der Waals surface area contributed by atoms with E-state index in [9.17, 15) is 8.78 Å². The van der Waals surface area contributed by atoms with Gasteiger partial charge in [0.05, 0.1) is 5.52 Å². The van der Waals surface area contributed by atoms with Crippen LogP contribution in [0.4, 0.5) is 14.5 Å². The summed E-state index contributed by atoms with van der Waals surface area (Å²) >= 11 is 0. The van der Waals surface area contributed by atoms with Crippen LogP contribution in [0, 0.1) is 18.6 Å². The number of nitrogens with two attached hydrogens (primary N) is 1. The van der Waals surface area contributed by atoms with Crippen LogP contribution in [0.3, 0.4) is 0 Å². The number of fused-ring (bicyclic) bond motifs is 1. The average molecular weight is 286 g/mol. The number of benzene rings is 2. The SMILES string of the molecule is Cc1cc(Oc2cc(F)cc(F)c2)c2cc(N)ccc2n1. The zero-order chi connectivity index (χ0) is 15.0. The third-order valence-corrected chi connectivity index (χ3v) is 2.99. The van der Waals surface area contributed by atoms with Crippen molar-refractivity contribution in [3.8, 4) is 11.5 Å². The Morgan fingerprint density at radius 2 is 1.71 bits per heavy atom. The molecule has 0 unspecified atom stereocenters. The highest BCUT2D eigenvalue weighted by Gasteiger charge is 2.09. The fourth-order valence-electron chi connectivity index (χ4n) is 2.14. The predicted molar refractivity (Wildman–Crippen MR) is 77.3 cm³/mol. The molecule has 0 aliphatic rings. The third kappa shape index (κ3) is 2.76. The van der Waals surface area contributed by atoms with E-state index in [-0.39, 0.29) is 5.75 Å². The molecular formula is C16H12F2N2O. The summed E-state index contributed by atoms with van der Waals surface area (Å²) in [5.41, 5.74) is 7.77. The number of aromatic nitrogens is 1. The summed E-state index contributed by atoms with van der Waals surface area (Å²) in [6.07, 6.45) is 0. The van der Waals surface area contributed by atoms with Crippen LogP contribution in [0.1, 0.15) is 5.69 Å². The Labute approximate surface area is 120 Å². The zero-order valence-corrected chi connectivity index (χ0v) is 11.2. The van der Waals surface area contributed by atoms with Crippen LogP contribution in [-0.4, -0.2) is 4.98 Å². The van der Waals surface area contributed by atoms with E-state index in [1.165, 1.54) is 0 Å². The molecule has 0 amide bonds. The monoisotopic (exact) mass is 286 g/mol. The van der Waals surface area contributed by atoms with Gasteiger partial charge in [0.2, 0.25) is 0 Å². The molecule has 0 aliphatic carbocycles. The molecule has 0 fully saturated rings. The molecule has 0 radical (unpaired) electrons. The summed E-state index contributed by atoms with van der Waals surface area (Å²) in [7, 11) is 0. The van der Waals surface area contributed by atoms with Gasteiger partial charge in [0, 0.05) is 41.0 Å². The van der Waals surface area contributed by atoms with Gasteiger partial charge in [-0.05, 0) is 25.1 Å². The van der Waals surface area contributed by atoms with Crippen molar-refractivity contribution in [3.63, 3.8) is 0 Å². The molecular weight excluding hydrogens is 274 g/mol. The van der Waals surface area contributed by atoms with E-state index in [0.29, 0.717) is 22.3 Å². The summed E-state index contributed by atoms with van der Waals surface area (Å²) in [6, 6.07) is 9.96. The van der Waals surface area contributed by atoms with Crippen LogP contribution in [-0.2, 0) is 0 Å². The lowest BCUT2D eigenvalue weighted by Crippen LogP contribution is -1.93. The van der Waals surface area contributed by atoms with Gasteiger partial charge < -0.3 is 10.5 Å². The first-order valence-corrected chi connectivity index (χ1v) is 6.32. The molecule has 1 heterocycles. The number of nitrogen functional groups attached to an aromatic ring is 1. The lowest BCUT2D eigenvalue weighted by Gasteiger charge is -2.10. The van der Waals surface area contributed by atoms with Crippen LogP contribution in [0.15, 0.2) is 42.5 Å². The molecule has 5 heteroatoms. The normalized spacial score (nSPS) is 10.8. The summed E-state index contributed by atoms with van der Waals surface area (Å²) in [5.74, 6) is -0.851. The van der Waals surface area contributed by atoms with E-state index < -0.39 is 11.6 Å². The Morgan fingerprint density at radius 3 is 2.43 bits per heavy atom.